The number of alkyl halides is 3. The van der Waals surface area contributed by atoms with Gasteiger partial charge in [0.05, 0.1) is 13.2 Å². The van der Waals surface area contributed by atoms with Crippen molar-refractivity contribution >= 4 is 5.83 Å². The van der Waals surface area contributed by atoms with Crippen LogP contribution in [-0.4, -0.2) is 19.6 Å². The number of hydrogen-bond acceptors (Lipinski definition) is 3. The summed E-state index contributed by atoms with van der Waals surface area (Å²) >= 11 is 0. The van der Waals surface area contributed by atoms with Crippen molar-refractivity contribution in [3.8, 4) is 5.75 Å². The monoisotopic (exact) mass is 590 g/mol. The van der Waals surface area contributed by atoms with Gasteiger partial charge in [0, 0.05) is 22.6 Å². The molecule has 12 heteroatoms. The molecular weight excluding hydrogens is 567 g/mol. The molecule has 3 nitrogen and oxygen atoms in total. The van der Waals surface area contributed by atoms with Crippen LogP contribution in [0.5, 0.6) is 5.75 Å². The molecule has 1 saturated heterocycles. The number of benzene rings is 3. The largest absolute Gasteiger partial charge is 0.573 e. The van der Waals surface area contributed by atoms with Gasteiger partial charge < -0.3 is 14.2 Å². The number of allylic oxidation sites excluding steroid dienone is 1. The molecule has 0 bridgehead atoms. The first-order chi connectivity index (χ1) is 19.4. The number of ether oxygens (including phenoxy) is 3. The van der Waals surface area contributed by atoms with Crippen LogP contribution in [0.1, 0.15) is 53.4 Å². The zero-order valence-corrected chi connectivity index (χ0v) is 21.4. The summed E-state index contributed by atoms with van der Waals surface area (Å²) in [4.78, 5) is 0. The lowest BCUT2D eigenvalue weighted by atomic mass is 9.98. The van der Waals surface area contributed by atoms with Gasteiger partial charge in [0.1, 0.15) is 17.5 Å². The van der Waals surface area contributed by atoms with E-state index in [4.69, 9.17) is 9.47 Å². The molecule has 0 spiro atoms. The Morgan fingerprint density at radius 1 is 0.805 bits per heavy atom. The van der Waals surface area contributed by atoms with E-state index in [9.17, 15) is 39.5 Å². The second kappa shape index (κ2) is 12.6. The zero-order chi connectivity index (χ0) is 29.9. The van der Waals surface area contributed by atoms with Gasteiger partial charge in [-0.3, -0.25) is 0 Å². The number of hydrogen-bond donors (Lipinski definition) is 0. The van der Waals surface area contributed by atoms with Gasteiger partial charge in [-0.1, -0.05) is 31.2 Å². The third-order valence-corrected chi connectivity index (χ3v) is 6.46. The van der Waals surface area contributed by atoms with E-state index < -0.39 is 58.9 Å². The smallest absolute Gasteiger partial charge is 0.399 e. The van der Waals surface area contributed by atoms with Crippen LogP contribution in [0, 0.1) is 23.3 Å². The minimum Gasteiger partial charge on any atom is -0.399 e. The number of halogens is 9. The van der Waals surface area contributed by atoms with Crippen LogP contribution in [0.15, 0.2) is 54.4 Å². The molecule has 1 fully saturated rings. The molecule has 4 rings (SSSR count). The van der Waals surface area contributed by atoms with Crippen molar-refractivity contribution in [2.75, 3.05) is 13.2 Å². The Labute approximate surface area is 229 Å². The average molecular weight is 590 g/mol. The number of aryl methyl sites for hydroxylation is 1. The van der Waals surface area contributed by atoms with Crippen molar-refractivity contribution in [1.29, 1.82) is 0 Å². The zero-order valence-electron chi connectivity index (χ0n) is 21.4. The summed E-state index contributed by atoms with van der Waals surface area (Å²) < 4.78 is 137. The maximum atomic E-state index is 14.8. The average Bonchev–Trinajstić information content (AvgIpc) is 2.93. The predicted octanol–water partition coefficient (Wildman–Crippen LogP) is 8.77. The van der Waals surface area contributed by atoms with Crippen molar-refractivity contribution < 1.29 is 53.7 Å². The summed E-state index contributed by atoms with van der Waals surface area (Å²) in [6.07, 6.45) is -7.09. The van der Waals surface area contributed by atoms with Crippen molar-refractivity contribution in [2.24, 2.45) is 0 Å². The van der Waals surface area contributed by atoms with Gasteiger partial charge in [0.2, 0.25) is 5.75 Å². The Morgan fingerprint density at radius 3 is 1.88 bits per heavy atom. The minimum absolute atomic E-state index is 0.0468. The third-order valence-electron chi connectivity index (χ3n) is 6.46. The molecule has 3 aromatic carbocycles. The van der Waals surface area contributed by atoms with Gasteiger partial charge >= 0.3 is 6.36 Å². The Hall–Kier alpha value is -3.51. The van der Waals surface area contributed by atoms with Gasteiger partial charge in [-0.05, 0) is 54.7 Å². The topological polar surface area (TPSA) is 27.7 Å². The van der Waals surface area contributed by atoms with Crippen LogP contribution in [0.2, 0.25) is 0 Å². The normalized spacial score (nSPS) is 18.3. The Bertz CT molecular complexity index is 1360. The Balaban J connectivity index is 1.38. The van der Waals surface area contributed by atoms with E-state index in [2.05, 4.69) is 4.74 Å². The Morgan fingerprint density at radius 2 is 1.37 bits per heavy atom. The summed E-state index contributed by atoms with van der Waals surface area (Å²) in [5.74, 6) is -8.85. The van der Waals surface area contributed by atoms with Gasteiger partial charge in [0.15, 0.2) is 23.8 Å². The predicted molar refractivity (Wildman–Crippen MR) is 130 cm³/mol. The van der Waals surface area contributed by atoms with Crippen LogP contribution >= 0.6 is 0 Å². The standard InChI is InChI=1S/C29H23F9O3/c1-2-21(30)26(35)17-6-4-16(5-7-17)19-13-39-28(40-14-19)18-11-22(31)20(23(32)12-18)8-3-15-9-24(33)27(25(34)10-15)41-29(36,37)38/h4-7,9-12,19,28H,2-3,8,13-14H2,1H3/b26-21+. The van der Waals surface area contributed by atoms with Crippen molar-refractivity contribution in [3.63, 3.8) is 0 Å². The molecule has 0 N–H and O–H groups in total. The molecule has 0 radical (unpaired) electrons. The molecule has 1 aliphatic heterocycles. The molecule has 41 heavy (non-hydrogen) atoms. The molecule has 3 aromatic rings. The maximum absolute atomic E-state index is 14.8. The highest BCUT2D eigenvalue weighted by atomic mass is 19.4. The van der Waals surface area contributed by atoms with Gasteiger partial charge in [-0.25, -0.2) is 26.3 Å². The van der Waals surface area contributed by atoms with E-state index in [1.54, 1.807) is 12.1 Å². The van der Waals surface area contributed by atoms with Crippen molar-refractivity contribution in [3.05, 3.63) is 105 Å². The summed E-state index contributed by atoms with van der Waals surface area (Å²) in [5.41, 5.74) is 0.336. The van der Waals surface area contributed by atoms with E-state index >= 15 is 0 Å². The lowest BCUT2D eigenvalue weighted by Gasteiger charge is -2.30. The van der Waals surface area contributed by atoms with Crippen LogP contribution in [-0.2, 0) is 22.3 Å². The summed E-state index contributed by atoms with van der Waals surface area (Å²) in [5, 5.41) is 0. The highest BCUT2D eigenvalue weighted by molar-refractivity contribution is 5.61. The van der Waals surface area contributed by atoms with E-state index in [0.717, 1.165) is 17.7 Å². The number of rotatable bonds is 8. The molecular formula is C29H23F9O3. The van der Waals surface area contributed by atoms with Gasteiger partial charge in [-0.2, -0.15) is 0 Å². The SMILES string of the molecule is CC/C(F)=C(\F)c1ccc(C2COC(c3cc(F)c(CCc4cc(F)c(OC(F)(F)F)c(F)c4)c(F)c3)OC2)cc1. The van der Waals surface area contributed by atoms with Crippen molar-refractivity contribution in [2.45, 2.75) is 44.8 Å². The van der Waals surface area contributed by atoms with Crippen LogP contribution in [0.3, 0.4) is 0 Å². The highest BCUT2D eigenvalue weighted by Crippen LogP contribution is 2.34. The fraction of sp³-hybridized carbons (Fsp3) is 0.310. The fourth-order valence-electron chi connectivity index (χ4n) is 4.34. The second-order valence-electron chi connectivity index (χ2n) is 9.29. The summed E-state index contributed by atoms with van der Waals surface area (Å²) in [7, 11) is 0. The molecule has 0 saturated carbocycles. The highest BCUT2D eigenvalue weighted by Gasteiger charge is 2.34. The molecule has 1 aliphatic rings. The first-order valence-electron chi connectivity index (χ1n) is 12.5. The van der Waals surface area contributed by atoms with E-state index in [1.807, 2.05) is 0 Å². The van der Waals surface area contributed by atoms with Crippen molar-refractivity contribution in [1.82, 2.24) is 0 Å². The molecule has 0 unspecified atom stereocenters. The summed E-state index contributed by atoms with van der Waals surface area (Å²) in [6, 6.07) is 9.27. The molecule has 220 valence electrons. The van der Waals surface area contributed by atoms with Gasteiger partial charge in [0.25, 0.3) is 0 Å². The van der Waals surface area contributed by atoms with E-state index in [1.165, 1.54) is 19.1 Å². The van der Waals surface area contributed by atoms with E-state index in [0.29, 0.717) is 12.1 Å². The van der Waals surface area contributed by atoms with Crippen LogP contribution < -0.4 is 4.74 Å². The second-order valence-corrected chi connectivity index (χ2v) is 9.29. The molecule has 0 atom stereocenters. The fourth-order valence-corrected chi connectivity index (χ4v) is 4.34. The summed E-state index contributed by atoms with van der Waals surface area (Å²) in [6.45, 7) is 1.72. The molecule has 0 aromatic heterocycles. The first kappa shape index (κ1) is 30.4. The van der Waals surface area contributed by atoms with Gasteiger partial charge in [-0.15, -0.1) is 13.2 Å². The lowest BCUT2D eigenvalue weighted by molar-refractivity contribution is -0.276. The quantitative estimate of drug-likeness (QED) is 0.246. The molecule has 0 amide bonds. The van der Waals surface area contributed by atoms with Crippen LogP contribution in [0.25, 0.3) is 5.83 Å². The molecule has 1 heterocycles. The third kappa shape index (κ3) is 7.42. The minimum atomic E-state index is -5.30. The van der Waals surface area contributed by atoms with E-state index in [-0.39, 0.29) is 55.1 Å². The van der Waals surface area contributed by atoms with Crippen LogP contribution in [0.4, 0.5) is 39.5 Å². The first-order valence-corrected chi connectivity index (χ1v) is 12.5. The lowest BCUT2D eigenvalue weighted by Crippen LogP contribution is -2.26. The molecule has 0 aliphatic carbocycles. The maximum Gasteiger partial charge on any atom is 0.573 e. The Kier molecular flexibility index (Phi) is 9.33.